The van der Waals surface area contributed by atoms with Crippen molar-refractivity contribution in [3.8, 4) is 11.6 Å². The first kappa shape index (κ1) is 14.0. The maximum Gasteiger partial charge on any atom is 0.278 e. The Morgan fingerprint density at radius 1 is 1.40 bits per heavy atom. The molecule has 2 aromatic rings. The lowest BCUT2D eigenvalue weighted by molar-refractivity contribution is -0.384. The summed E-state index contributed by atoms with van der Waals surface area (Å²) in [6.45, 7) is 2.45. The van der Waals surface area contributed by atoms with E-state index in [2.05, 4.69) is 15.3 Å². The number of halogens is 1. The first-order valence-electron chi connectivity index (χ1n) is 5.77. The molecule has 0 aliphatic carbocycles. The Morgan fingerprint density at radius 3 is 2.85 bits per heavy atom. The maximum atomic E-state index is 10.9. The molecular weight excluding hydrogens is 284 g/mol. The van der Waals surface area contributed by atoms with E-state index in [-0.39, 0.29) is 11.6 Å². The third kappa shape index (κ3) is 3.55. The third-order valence-corrected chi connectivity index (χ3v) is 2.46. The molecule has 0 atom stereocenters. The van der Waals surface area contributed by atoms with Crippen molar-refractivity contribution in [2.75, 3.05) is 11.9 Å². The lowest BCUT2D eigenvalue weighted by Gasteiger charge is -2.07. The van der Waals surface area contributed by atoms with Crippen LogP contribution in [0.4, 0.5) is 11.5 Å². The molecule has 0 saturated carbocycles. The quantitative estimate of drug-likeness (QED) is 0.672. The molecule has 8 heteroatoms. The molecule has 104 valence electrons. The Balaban J connectivity index is 2.32. The fourth-order valence-electron chi connectivity index (χ4n) is 1.49. The zero-order valence-corrected chi connectivity index (χ0v) is 11.3. The van der Waals surface area contributed by atoms with Gasteiger partial charge in [0.15, 0.2) is 0 Å². The Morgan fingerprint density at radius 2 is 2.20 bits per heavy atom. The van der Waals surface area contributed by atoms with Gasteiger partial charge in [-0.05, 0) is 6.92 Å². The van der Waals surface area contributed by atoms with Gasteiger partial charge in [0.2, 0.25) is 5.88 Å². The van der Waals surface area contributed by atoms with Crippen molar-refractivity contribution in [3.05, 3.63) is 45.7 Å². The highest BCUT2D eigenvalue weighted by molar-refractivity contribution is 6.30. The molecule has 0 bridgehead atoms. The van der Waals surface area contributed by atoms with E-state index >= 15 is 0 Å². The highest BCUT2D eigenvalue weighted by Crippen LogP contribution is 2.27. The standard InChI is InChI=1S/C12H11ClN4O3/c1-2-15-11-4-9(17(18)19)5-12(16-11)20-10-3-8(13)6-14-7-10/h3-7H,2H2,1H3,(H,15,16). The van der Waals surface area contributed by atoms with Crippen molar-refractivity contribution in [2.24, 2.45) is 0 Å². The molecule has 0 aliphatic heterocycles. The number of hydrogen-bond donors (Lipinski definition) is 1. The zero-order chi connectivity index (χ0) is 14.5. The Labute approximate surface area is 119 Å². The number of aromatic nitrogens is 2. The predicted molar refractivity (Wildman–Crippen MR) is 74.4 cm³/mol. The van der Waals surface area contributed by atoms with Crippen LogP contribution in [-0.2, 0) is 0 Å². The van der Waals surface area contributed by atoms with E-state index in [1.54, 1.807) is 6.07 Å². The fraction of sp³-hybridized carbons (Fsp3) is 0.167. The Kier molecular flexibility index (Phi) is 4.31. The molecule has 0 saturated heterocycles. The summed E-state index contributed by atoms with van der Waals surface area (Å²) in [5, 5.41) is 14.2. The summed E-state index contributed by atoms with van der Waals surface area (Å²) in [5.74, 6) is 0.818. The summed E-state index contributed by atoms with van der Waals surface area (Å²) in [6.07, 6.45) is 2.90. The average Bonchev–Trinajstić information content (AvgIpc) is 2.38. The fourth-order valence-corrected chi connectivity index (χ4v) is 1.65. The van der Waals surface area contributed by atoms with E-state index in [1.807, 2.05) is 6.92 Å². The average molecular weight is 295 g/mol. The number of nitrogens with zero attached hydrogens (tertiary/aromatic N) is 3. The van der Waals surface area contributed by atoms with Crippen LogP contribution in [0.15, 0.2) is 30.6 Å². The van der Waals surface area contributed by atoms with Crippen molar-refractivity contribution in [3.63, 3.8) is 0 Å². The van der Waals surface area contributed by atoms with Gasteiger partial charge in [0.25, 0.3) is 5.69 Å². The van der Waals surface area contributed by atoms with E-state index in [1.165, 1.54) is 24.5 Å². The number of nitro groups is 1. The van der Waals surface area contributed by atoms with Crippen molar-refractivity contribution in [1.82, 2.24) is 9.97 Å². The van der Waals surface area contributed by atoms with Gasteiger partial charge in [-0.2, -0.15) is 4.98 Å². The molecule has 0 unspecified atom stereocenters. The number of pyridine rings is 2. The highest BCUT2D eigenvalue weighted by Gasteiger charge is 2.12. The molecule has 0 fully saturated rings. The zero-order valence-electron chi connectivity index (χ0n) is 10.5. The molecule has 2 aromatic heterocycles. The monoisotopic (exact) mass is 294 g/mol. The summed E-state index contributed by atoms with van der Waals surface area (Å²) >= 11 is 5.79. The largest absolute Gasteiger partial charge is 0.437 e. The van der Waals surface area contributed by atoms with Gasteiger partial charge in [0.1, 0.15) is 11.6 Å². The first-order chi connectivity index (χ1) is 9.58. The van der Waals surface area contributed by atoms with Crippen LogP contribution in [0, 0.1) is 10.1 Å². The molecule has 7 nitrogen and oxygen atoms in total. The SMILES string of the molecule is CCNc1cc([N+](=O)[O-])cc(Oc2cncc(Cl)c2)n1. The summed E-state index contributed by atoms with van der Waals surface area (Å²) in [5.41, 5.74) is -0.110. The van der Waals surface area contributed by atoms with Gasteiger partial charge in [-0.15, -0.1) is 0 Å². The molecule has 0 spiro atoms. The minimum absolute atomic E-state index is 0.0965. The van der Waals surface area contributed by atoms with Crippen molar-refractivity contribution in [2.45, 2.75) is 6.92 Å². The van der Waals surface area contributed by atoms with Crippen molar-refractivity contribution in [1.29, 1.82) is 0 Å². The Bertz CT molecular complexity index is 636. The number of anilines is 1. The van der Waals surface area contributed by atoms with Gasteiger partial charge >= 0.3 is 0 Å². The van der Waals surface area contributed by atoms with Gasteiger partial charge in [-0.3, -0.25) is 15.1 Å². The number of ether oxygens (including phenoxy) is 1. The van der Waals surface area contributed by atoms with E-state index in [0.717, 1.165) is 0 Å². The van der Waals surface area contributed by atoms with Crippen LogP contribution in [0.25, 0.3) is 0 Å². The molecule has 0 amide bonds. The molecule has 0 aliphatic rings. The highest BCUT2D eigenvalue weighted by atomic mass is 35.5. The van der Waals surface area contributed by atoms with Gasteiger partial charge in [-0.25, -0.2) is 0 Å². The van der Waals surface area contributed by atoms with Crippen LogP contribution in [0.1, 0.15) is 6.92 Å². The minimum Gasteiger partial charge on any atom is -0.437 e. The Hall–Kier alpha value is -2.41. The topological polar surface area (TPSA) is 90.2 Å². The summed E-state index contributed by atoms with van der Waals surface area (Å²) in [6, 6.07) is 4.12. The number of nitrogens with one attached hydrogen (secondary N) is 1. The molecule has 2 heterocycles. The van der Waals surface area contributed by atoms with Crippen LogP contribution in [0.5, 0.6) is 11.6 Å². The summed E-state index contributed by atoms with van der Waals surface area (Å²) in [7, 11) is 0. The van der Waals surface area contributed by atoms with Crippen molar-refractivity contribution >= 4 is 23.1 Å². The van der Waals surface area contributed by atoms with E-state index in [4.69, 9.17) is 16.3 Å². The van der Waals surface area contributed by atoms with Crippen LogP contribution in [0.3, 0.4) is 0 Å². The lowest BCUT2D eigenvalue weighted by atomic mass is 10.4. The molecular formula is C12H11ClN4O3. The number of hydrogen-bond acceptors (Lipinski definition) is 6. The van der Waals surface area contributed by atoms with Crippen LogP contribution >= 0.6 is 11.6 Å². The second kappa shape index (κ2) is 6.16. The second-order valence-electron chi connectivity index (χ2n) is 3.78. The van der Waals surface area contributed by atoms with Gasteiger partial charge in [-0.1, -0.05) is 11.6 Å². The van der Waals surface area contributed by atoms with E-state index < -0.39 is 4.92 Å². The maximum absolute atomic E-state index is 10.9. The summed E-state index contributed by atoms with van der Waals surface area (Å²) < 4.78 is 5.43. The molecule has 0 aromatic carbocycles. The second-order valence-corrected chi connectivity index (χ2v) is 4.21. The molecule has 20 heavy (non-hydrogen) atoms. The smallest absolute Gasteiger partial charge is 0.278 e. The number of rotatable bonds is 5. The van der Waals surface area contributed by atoms with Crippen LogP contribution in [-0.4, -0.2) is 21.4 Å². The minimum atomic E-state index is -0.508. The molecule has 0 radical (unpaired) electrons. The molecule has 2 rings (SSSR count). The van der Waals surface area contributed by atoms with Crippen LogP contribution < -0.4 is 10.1 Å². The van der Waals surface area contributed by atoms with Gasteiger partial charge in [0, 0.05) is 18.8 Å². The molecule has 1 N–H and O–H groups in total. The summed E-state index contributed by atoms with van der Waals surface area (Å²) in [4.78, 5) is 18.4. The van der Waals surface area contributed by atoms with Crippen molar-refractivity contribution < 1.29 is 9.66 Å². The lowest BCUT2D eigenvalue weighted by Crippen LogP contribution is -2.02. The van der Waals surface area contributed by atoms with E-state index in [9.17, 15) is 10.1 Å². The van der Waals surface area contributed by atoms with Crippen LogP contribution in [0.2, 0.25) is 5.02 Å². The predicted octanol–water partition coefficient (Wildman–Crippen LogP) is 3.26. The van der Waals surface area contributed by atoms with Gasteiger partial charge < -0.3 is 10.1 Å². The first-order valence-corrected chi connectivity index (χ1v) is 6.15. The normalized spacial score (nSPS) is 10.1. The third-order valence-electron chi connectivity index (χ3n) is 2.26. The van der Waals surface area contributed by atoms with E-state index in [0.29, 0.717) is 23.1 Å². The van der Waals surface area contributed by atoms with Gasteiger partial charge in [0.05, 0.1) is 28.3 Å².